The van der Waals surface area contributed by atoms with Crippen LogP contribution in [0, 0.1) is 0 Å². The number of rotatable bonds is 7. The SMILES string of the molecule is COC(=O)c1cc(Oc2ccccc2)c(O[Si](C)(C)C(C)(C)C)c(Oc2ccccc2)c1. The number of methoxy groups -OCH3 is 1. The lowest BCUT2D eigenvalue weighted by Crippen LogP contribution is -2.44. The number of para-hydroxylation sites is 2. The number of benzene rings is 3. The van der Waals surface area contributed by atoms with Crippen LogP contribution in [0.1, 0.15) is 31.1 Å². The van der Waals surface area contributed by atoms with Gasteiger partial charge in [-0.15, -0.1) is 0 Å². The second-order valence-corrected chi connectivity index (χ2v) is 13.7. The molecule has 6 heteroatoms. The van der Waals surface area contributed by atoms with Crippen molar-refractivity contribution in [3.63, 3.8) is 0 Å². The third kappa shape index (κ3) is 5.51. The first-order valence-corrected chi connectivity index (χ1v) is 13.4. The molecule has 0 spiro atoms. The molecule has 0 atom stereocenters. The van der Waals surface area contributed by atoms with Gasteiger partial charge in [0.2, 0.25) is 0 Å². The van der Waals surface area contributed by atoms with Gasteiger partial charge >= 0.3 is 5.97 Å². The van der Waals surface area contributed by atoms with E-state index in [1.807, 2.05) is 60.7 Å². The zero-order chi connectivity index (χ0) is 23.4. The van der Waals surface area contributed by atoms with Crippen LogP contribution in [0.2, 0.25) is 18.1 Å². The molecule has 0 fully saturated rings. The van der Waals surface area contributed by atoms with Gasteiger partial charge in [-0.1, -0.05) is 57.2 Å². The predicted molar refractivity (Wildman–Crippen MR) is 129 cm³/mol. The number of ether oxygens (including phenoxy) is 3. The summed E-state index contributed by atoms with van der Waals surface area (Å²) in [6.07, 6.45) is 0. The molecule has 0 saturated carbocycles. The molecule has 32 heavy (non-hydrogen) atoms. The van der Waals surface area contributed by atoms with Gasteiger partial charge in [-0.2, -0.15) is 0 Å². The van der Waals surface area contributed by atoms with E-state index in [-0.39, 0.29) is 5.04 Å². The Morgan fingerprint density at radius 2 is 1.22 bits per heavy atom. The van der Waals surface area contributed by atoms with Crippen LogP contribution in [0.3, 0.4) is 0 Å². The third-order valence-electron chi connectivity index (χ3n) is 5.55. The van der Waals surface area contributed by atoms with Crippen LogP contribution in [0.25, 0.3) is 0 Å². The lowest BCUT2D eigenvalue weighted by Gasteiger charge is -2.37. The van der Waals surface area contributed by atoms with Crippen molar-refractivity contribution in [2.45, 2.75) is 38.9 Å². The number of hydrogen-bond donors (Lipinski definition) is 0. The van der Waals surface area contributed by atoms with Crippen LogP contribution >= 0.6 is 0 Å². The van der Waals surface area contributed by atoms with Gasteiger partial charge < -0.3 is 18.6 Å². The van der Waals surface area contributed by atoms with Crippen molar-refractivity contribution in [3.05, 3.63) is 78.4 Å². The molecule has 0 amide bonds. The third-order valence-corrected chi connectivity index (χ3v) is 9.87. The molecule has 0 aliphatic carbocycles. The Morgan fingerprint density at radius 3 is 1.59 bits per heavy atom. The van der Waals surface area contributed by atoms with Crippen LogP contribution in [-0.4, -0.2) is 21.4 Å². The Hall–Kier alpha value is -3.25. The van der Waals surface area contributed by atoms with E-state index in [1.165, 1.54) is 7.11 Å². The second-order valence-electron chi connectivity index (χ2n) is 8.99. The topological polar surface area (TPSA) is 54.0 Å². The van der Waals surface area contributed by atoms with E-state index in [2.05, 4.69) is 33.9 Å². The van der Waals surface area contributed by atoms with Crippen molar-refractivity contribution in [1.82, 2.24) is 0 Å². The molecule has 168 valence electrons. The minimum Gasteiger partial charge on any atom is -0.538 e. The van der Waals surface area contributed by atoms with Gasteiger partial charge in [-0.05, 0) is 54.5 Å². The van der Waals surface area contributed by atoms with Crippen LogP contribution in [0.15, 0.2) is 72.8 Å². The van der Waals surface area contributed by atoms with E-state index < -0.39 is 14.3 Å². The molecule has 0 unspecified atom stereocenters. The lowest BCUT2D eigenvalue weighted by atomic mass is 10.2. The first kappa shape index (κ1) is 23.4. The molecule has 0 N–H and O–H groups in total. The Bertz CT molecular complexity index is 994. The molecule has 0 aromatic heterocycles. The van der Waals surface area contributed by atoms with E-state index in [0.717, 1.165) is 0 Å². The molecule has 3 aromatic carbocycles. The first-order valence-electron chi connectivity index (χ1n) is 10.5. The first-order chi connectivity index (χ1) is 15.1. The maximum absolute atomic E-state index is 12.4. The fraction of sp³-hybridized carbons (Fsp3) is 0.269. The maximum atomic E-state index is 12.4. The largest absolute Gasteiger partial charge is 0.538 e. The van der Waals surface area contributed by atoms with Crippen molar-refractivity contribution < 1.29 is 23.4 Å². The minimum atomic E-state index is -2.27. The summed E-state index contributed by atoms with van der Waals surface area (Å²) in [4.78, 5) is 12.4. The highest BCUT2D eigenvalue weighted by Gasteiger charge is 2.40. The summed E-state index contributed by atoms with van der Waals surface area (Å²) < 4.78 is 24.0. The fourth-order valence-corrected chi connectivity index (χ4v) is 3.72. The van der Waals surface area contributed by atoms with Gasteiger partial charge in [-0.25, -0.2) is 4.79 Å². The highest BCUT2D eigenvalue weighted by Crippen LogP contribution is 2.47. The summed E-state index contributed by atoms with van der Waals surface area (Å²) in [6, 6.07) is 22.0. The van der Waals surface area contributed by atoms with Crippen molar-refractivity contribution in [3.8, 4) is 28.7 Å². The molecule has 0 heterocycles. The van der Waals surface area contributed by atoms with Crippen LogP contribution in [0.5, 0.6) is 28.7 Å². The highest BCUT2D eigenvalue weighted by atomic mass is 28.4. The molecule has 3 rings (SSSR count). The van der Waals surface area contributed by atoms with Gasteiger partial charge in [0.15, 0.2) is 17.2 Å². The average Bonchev–Trinajstić information content (AvgIpc) is 2.75. The van der Waals surface area contributed by atoms with E-state index in [9.17, 15) is 4.79 Å². The number of esters is 1. The zero-order valence-corrected chi connectivity index (χ0v) is 20.5. The van der Waals surface area contributed by atoms with Crippen molar-refractivity contribution >= 4 is 14.3 Å². The van der Waals surface area contributed by atoms with Crippen molar-refractivity contribution in [2.24, 2.45) is 0 Å². The standard InChI is InChI=1S/C26H30O5Si/c1-26(2,3)32(5,6)31-24-22(29-20-13-9-7-10-14-20)17-19(25(27)28-4)18-23(24)30-21-15-11-8-12-16-21/h7-18H,1-6H3. The summed E-state index contributed by atoms with van der Waals surface area (Å²) >= 11 is 0. The fourth-order valence-electron chi connectivity index (χ4n) is 2.70. The Labute approximate surface area is 191 Å². The molecular formula is C26H30O5Si. The summed E-state index contributed by atoms with van der Waals surface area (Å²) in [7, 11) is -0.927. The van der Waals surface area contributed by atoms with Gasteiger partial charge in [-0.3, -0.25) is 0 Å². The van der Waals surface area contributed by atoms with Crippen LogP contribution in [0.4, 0.5) is 0 Å². The number of carbonyl (C=O) groups is 1. The summed E-state index contributed by atoms with van der Waals surface area (Å²) in [5, 5.41) is -0.0535. The van der Waals surface area contributed by atoms with Crippen molar-refractivity contribution in [1.29, 1.82) is 0 Å². The van der Waals surface area contributed by atoms with Gasteiger partial charge in [0.05, 0.1) is 12.7 Å². The summed E-state index contributed by atoms with van der Waals surface area (Å²) in [5.74, 6) is 2.03. The van der Waals surface area contributed by atoms with Gasteiger partial charge in [0.25, 0.3) is 8.32 Å². The molecule has 5 nitrogen and oxygen atoms in total. The van der Waals surface area contributed by atoms with Crippen LogP contribution in [-0.2, 0) is 4.74 Å². The zero-order valence-electron chi connectivity index (χ0n) is 19.5. The number of hydrogen-bond acceptors (Lipinski definition) is 5. The predicted octanol–water partition coefficient (Wildman–Crippen LogP) is 7.44. The van der Waals surface area contributed by atoms with Gasteiger partial charge in [0, 0.05) is 0 Å². The second kappa shape index (κ2) is 9.49. The molecule has 0 aliphatic heterocycles. The average molecular weight is 451 g/mol. The minimum absolute atomic E-state index is 0.0535. The van der Waals surface area contributed by atoms with E-state index in [1.54, 1.807) is 12.1 Å². The highest BCUT2D eigenvalue weighted by molar-refractivity contribution is 6.74. The normalized spacial score (nSPS) is 11.6. The smallest absolute Gasteiger partial charge is 0.338 e. The monoisotopic (exact) mass is 450 g/mol. The molecule has 0 aliphatic rings. The van der Waals surface area contributed by atoms with Crippen LogP contribution < -0.4 is 13.9 Å². The van der Waals surface area contributed by atoms with E-state index in [0.29, 0.717) is 34.3 Å². The molecule has 0 saturated heterocycles. The van der Waals surface area contributed by atoms with Crippen molar-refractivity contribution in [2.75, 3.05) is 7.11 Å². The van der Waals surface area contributed by atoms with E-state index >= 15 is 0 Å². The lowest BCUT2D eigenvalue weighted by molar-refractivity contribution is 0.0600. The molecule has 3 aromatic rings. The van der Waals surface area contributed by atoms with E-state index in [4.69, 9.17) is 18.6 Å². The Morgan fingerprint density at radius 1 is 0.781 bits per heavy atom. The molecule has 0 bridgehead atoms. The Balaban J connectivity index is 2.18. The number of carbonyl (C=O) groups excluding carboxylic acids is 1. The summed E-state index contributed by atoms with van der Waals surface area (Å²) in [6.45, 7) is 10.8. The molecule has 0 radical (unpaired) electrons. The molecular weight excluding hydrogens is 420 g/mol. The Kier molecular flexibility index (Phi) is 6.94. The quantitative estimate of drug-likeness (QED) is 0.276. The maximum Gasteiger partial charge on any atom is 0.338 e. The van der Waals surface area contributed by atoms with Gasteiger partial charge in [0.1, 0.15) is 11.5 Å². The summed E-state index contributed by atoms with van der Waals surface area (Å²) in [5.41, 5.74) is 0.312.